The first-order valence-electron chi connectivity index (χ1n) is 9.98. The zero-order valence-electron chi connectivity index (χ0n) is 17.0. The lowest BCUT2D eigenvalue weighted by molar-refractivity contribution is -0.139. The van der Waals surface area contributed by atoms with Gasteiger partial charge in [0, 0.05) is 45.6 Å². The van der Waals surface area contributed by atoms with E-state index in [1.54, 1.807) is 29.3 Å². The standard InChI is InChI=1S/C22H25N3O5/c1-28-18-12-24(11-17-3-2-8-23-10-17)22(27)14-25(13-18)21(26)7-5-16-4-6-19-20(9-16)30-15-29-19/h2-4,6,8-10,18H,5,7,11-15H2,1H3/t18-/m1/s1. The summed E-state index contributed by atoms with van der Waals surface area (Å²) in [6.45, 7) is 1.56. The van der Waals surface area contributed by atoms with Crippen LogP contribution in [-0.4, -0.2) is 66.2 Å². The summed E-state index contributed by atoms with van der Waals surface area (Å²) in [5, 5.41) is 0. The molecule has 0 unspecified atom stereocenters. The van der Waals surface area contributed by atoms with Crippen molar-refractivity contribution in [3.63, 3.8) is 0 Å². The van der Waals surface area contributed by atoms with E-state index in [0.717, 1.165) is 16.9 Å². The summed E-state index contributed by atoms with van der Waals surface area (Å²) >= 11 is 0. The molecular weight excluding hydrogens is 386 g/mol. The van der Waals surface area contributed by atoms with Crippen molar-refractivity contribution < 1.29 is 23.8 Å². The fraction of sp³-hybridized carbons (Fsp3) is 0.409. The third kappa shape index (κ3) is 4.71. The Balaban J connectivity index is 1.38. The Morgan fingerprint density at radius 2 is 2.07 bits per heavy atom. The van der Waals surface area contributed by atoms with Gasteiger partial charge in [0.05, 0.1) is 12.6 Å². The molecule has 2 amide bonds. The van der Waals surface area contributed by atoms with E-state index in [2.05, 4.69) is 4.98 Å². The number of ether oxygens (including phenoxy) is 3. The lowest BCUT2D eigenvalue weighted by atomic mass is 10.1. The Morgan fingerprint density at radius 1 is 1.20 bits per heavy atom. The Morgan fingerprint density at radius 3 is 2.87 bits per heavy atom. The quantitative estimate of drug-likeness (QED) is 0.719. The fourth-order valence-electron chi connectivity index (χ4n) is 3.69. The molecule has 158 valence electrons. The average molecular weight is 411 g/mol. The highest BCUT2D eigenvalue weighted by molar-refractivity contribution is 5.85. The molecule has 8 heteroatoms. The van der Waals surface area contributed by atoms with Crippen molar-refractivity contribution >= 4 is 11.8 Å². The second kappa shape index (κ2) is 9.13. The van der Waals surface area contributed by atoms with Crippen LogP contribution in [0.1, 0.15) is 17.5 Å². The summed E-state index contributed by atoms with van der Waals surface area (Å²) in [7, 11) is 1.61. The molecule has 0 radical (unpaired) electrons. The van der Waals surface area contributed by atoms with Crippen molar-refractivity contribution in [1.82, 2.24) is 14.8 Å². The van der Waals surface area contributed by atoms with E-state index in [1.165, 1.54) is 0 Å². The predicted molar refractivity (Wildman–Crippen MR) is 108 cm³/mol. The van der Waals surface area contributed by atoms with Crippen molar-refractivity contribution in [3.05, 3.63) is 53.9 Å². The van der Waals surface area contributed by atoms with Crippen LogP contribution in [-0.2, 0) is 27.3 Å². The van der Waals surface area contributed by atoms with Gasteiger partial charge in [-0.15, -0.1) is 0 Å². The van der Waals surface area contributed by atoms with Gasteiger partial charge in [-0.25, -0.2) is 0 Å². The average Bonchev–Trinajstić information content (AvgIpc) is 3.17. The van der Waals surface area contributed by atoms with Crippen LogP contribution >= 0.6 is 0 Å². The van der Waals surface area contributed by atoms with Crippen LogP contribution in [0, 0.1) is 0 Å². The SMILES string of the molecule is CO[C@H]1CN(C(=O)CCc2ccc3c(c2)OCO3)CC(=O)N(Cc2cccnc2)C1. The van der Waals surface area contributed by atoms with Gasteiger partial charge in [0.15, 0.2) is 11.5 Å². The number of hydrogen-bond donors (Lipinski definition) is 0. The van der Waals surface area contributed by atoms with Gasteiger partial charge >= 0.3 is 0 Å². The van der Waals surface area contributed by atoms with E-state index in [4.69, 9.17) is 14.2 Å². The summed E-state index contributed by atoms with van der Waals surface area (Å²) in [6, 6.07) is 9.46. The molecule has 2 aromatic rings. The number of aryl methyl sites for hydroxylation is 1. The van der Waals surface area contributed by atoms with Crippen LogP contribution in [0.4, 0.5) is 0 Å². The molecule has 3 heterocycles. The molecule has 1 fully saturated rings. The molecule has 0 spiro atoms. The Bertz CT molecular complexity index is 905. The van der Waals surface area contributed by atoms with E-state index < -0.39 is 0 Å². The maximum Gasteiger partial charge on any atom is 0.242 e. The van der Waals surface area contributed by atoms with Gasteiger partial charge in [-0.3, -0.25) is 14.6 Å². The van der Waals surface area contributed by atoms with Crippen LogP contribution in [0.2, 0.25) is 0 Å². The number of fused-ring (bicyclic) bond motifs is 1. The highest BCUT2D eigenvalue weighted by Gasteiger charge is 2.30. The molecule has 1 aromatic heterocycles. The predicted octanol–water partition coefficient (Wildman–Crippen LogP) is 1.63. The molecule has 1 atom stereocenters. The number of aromatic nitrogens is 1. The Labute approximate surface area is 175 Å². The largest absolute Gasteiger partial charge is 0.454 e. The number of methoxy groups -OCH3 is 1. The van der Waals surface area contributed by atoms with Crippen LogP contribution in [0.15, 0.2) is 42.7 Å². The zero-order chi connectivity index (χ0) is 20.9. The molecule has 0 aliphatic carbocycles. The van der Waals surface area contributed by atoms with Gasteiger partial charge in [-0.05, 0) is 35.7 Å². The molecule has 0 N–H and O–H groups in total. The number of rotatable bonds is 6. The van der Waals surface area contributed by atoms with Crippen molar-refractivity contribution in [1.29, 1.82) is 0 Å². The zero-order valence-corrected chi connectivity index (χ0v) is 17.0. The summed E-state index contributed by atoms with van der Waals surface area (Å²) in [4.78, 5) is 33.1. The maximum atomic E-state index is 12.9. The fourth-order valence-corrected chi connectivity index (χ4v) is 3.69. The number of benzene rings is 1. The van der Waals surface area contributed by atoms with Crippen molar-refractivity contribution in [2.24, 2.45) is 0 Å². The summed E-state index contributed by atoms with van der Waals surface area (Å²) in [5.74, 6) is 1.27. The molecular formula is C22H25N3O5. The number of pyridine rings is 1. The molecule has 0 saturated carbocycles. The molecule has 30 heavy (non-hydrogen) atoms. The Hall–Kier alpha value is -3.13. The van der Waals surface area contributed by atoms with Gasteiger partial charge in [0.1, 0.15) is 0 Å². The van der Waals surface area contributed by atoms with E-state index in [1.807, 2.05) is 30.3 Å². The lowest BCUT2D eigenvalue weighted by Crippen LogP contribution is -2.39. The number of nitrogens with zero attached hydrogens (tertiary/aromatic N) is 3. The summed E-state index contributed by atoms with van der Waals surface area (Å²) in [5.41, 5.74) is 1.94. The summed E-state index contributed by atoms with van der Waals surface area (Å²) in [6.07, 6.45) is 4.09. The van der Waals surface area contributed by atoms with Gasteiger partial charge < -0.3 is 24.0 Å². The normalized spacial score (nSPS) is 18.4. The number of carbonyl (C=O) groups is 2. The van der Waals surface area contributed by atoms with E-state index in [-0.39, 0.29) is 31.3 Å². The number of carbonyl (C=O) groups excluding carboxylic acids is 2. The van der Waals surface area contributed by atoms with Crippen molar-refractivity contribution in [2.75, 3.05) is 33.5 Å². The summed E-state index contributed by atoms with van der Waals surface area (Å²) < 4.78 is 16.3. The highest BCUT2D eigenvalue weighted by Crippen LogP contribution is 2.32. The smallest absolute Gasteiger partial charge is 0.242 e. The van der Waals surface area contributed by atoms with E-state index >= 15 is 0 Å². The monoisotopic (exact) mass is 411 g/mol. The van der Waals surface area contributed by atoms with E-state index in [9.17, 15) is 9.59 Å². The van der Waals surface area contributed by atoms with Crippen molar-refractivity contribution in [2.45, 2.75) is 25.5 Å². The van der Waals surface area contributed by atoms with E-state index in [0.29, 0.717) is 38.2 Å². The molecule has 8 nitrogen and oxygen atoms in total. The first kappa shape index (κ1) is 20.2. The van der Waals surface area contributed by atoms with Crippen LogP contribution in [0.3, 0.4) is 0 Å². The second-order valence-electron chi connectivity index (χ2n) is 7.46. The Kier molecular flexibility index (Phi) is 6.13. The maximum absolute atomic E-state index is 12.9. The van der Waals surface area contributed by atoms with Gasteiger partial charge in [0.25, 0.3) is 0 Å². The van der Waals surface area contributed by atoms with Crippen LogP contribution in [0.5, 0.6) is 11.5 Å². The second-order valence-corrected chi connectivity index (χ2v) is 7.46. The molecule has 2 aliphatic heterocycles. The molecule has 0 bridgehead atoms. The molecule has 1 saturated heterocycles. The van der Waals surface area contributed by atoms with Gasteiger partial charge in [-0.2, -0.15) is 0 Å². The third-order valence-corrected chi connectivity index (χ3v) is 5.37. The minimum atomic E-state index is -0.234. The van der Waals surface area contributed by atoms with Crippen LogP contribution < -0.4 is 9.47 Å². The molecule has 4 rings (SSSR count). The van der Waals surface area contributed by atoms with Crippen LogP contribution in [0.25, 0.3) is 0 Å². The van der Waals surface area contributed by atoms with Crippen molar-refractivity contribution in [3.8, 4) is 11.5 Å². The lowest BCUT2D eigenvalue weighted by Gasteiger charge is -2.23. The van der Waals surface area contributed by atoms with Gasteiger partial charge in [0.2, 0.25) is 18.6 Å². The number of amides is 2. The minimum Gasteiger partial charge on any atom is -0.454 e. The van der Waals surface area contributed by atoms with Gasteiger partial charge in [-0.1, -0.05) is 12.1 Å². The highest BCUT2D eigenvalue weighted by atomic mass is 16.7. The molecule has 1 aromatic carbocycles. The number of hydrogen-bond acceptors (Lipinski definition) is 6. The third-order valence-electron chi connectivity index (χ3n) is 5.37. The first-order valence-corrected chi connectivity index (χ1v) is 9.98. The first-order chi connectivity index (χ1) is 14.6. The topological polar surface area (TPSA) is 81.2 Å². The molecule has 2 aliphatic rings. The minimum absolute atomic E-state index is 0.0556.